The summed E-state index contributed by atoms with van der Waals surface area (Å²) in [5.41, 5.74) is 3.33. The van der Waals surface area contributed by atoms with Crippen LogP contribution in [0.2, 0.25) is 0 Å². The summed E-state index contributed by atoms with van der Waals surface area (Å²) < 4.78 is 0. The fourth-order valence-corrected chi connectivity index (χ4v) is 3.14. The fourth-order valence-electron chi connectivity index (χ4n) is 3.14. The predicted molar refractivity (Wildman–Crippen MR) is 97.8 cm³/mol. The minimum Gasteiger partial charge on any atom is -0.508 e. The lowest BCUT2D eigenvalue weighted by atomic mass is 10.00. The van der Waals surface area contributed by atoms with Crippen molar-refractivity contribution in [3.05, 3.63) is 53.6 Å². The number of rotatable bonds is 5. The monoisotopic (exact) mass is 338 g/mol. The maximum atomic E-state index is 12.2. The van der Waals surface area contributed by atoms with Gasteiger partial charge in [-0.15, -0.1) is 0 Å². The fraction of sp³-hybridized carbons (Fsp3) is 0.300. The van der Waals surface area contributed by atoms with Gasteiger partial charge in [-0.05, 0) is 42.7 Å². The Morgan fingerprint density at radius 3 is 2.76 bits per heavy atom. The molecule has 3 rings (SSSR count). The minimum absolute atomic E-state index is 0.115. The van der Waals surface area contributed by atoms with Gasteiger partial charge in [0.2, 0.25) is 11.8 Å². The average molecular weight is 338 g/mol. The lowest BCUT2D eigenvalue weighted by molar-refractivity contribution is -0.119. The Morgan fingerprint density at radius 1 is 1.20 bits per heavy atom. The molecule has 0 saturated carbocycles. The van der Waals surface area contributed by atoms with Gasteiger partial charge in [0.25, 0.3) is 0 Å². The summed E-state index contributed by atoms with van der Waals surface area (Å²) >= 11 is 0. The number of aryl methyl sites for hydroxylation is 1. The van der Waals surface area contributed by atoms with E-state index in [1.165, 1.54) is 0 Å². The molecule has 2 aromatic carbocycles. The molecule has 1 aliphatic rings. The molecule has 2 amide bonds. The Bertz CT molecular complexity index is 801. The number of hydrogen-bond donors (Lipinski definition) is 2. The summed E-state index contributed by atoms with van der Waals surface area (Å²) in [5.74, 6) is 0.0984. The number of phenols is 1. The van der Waals surface area contributed by atoms with Crippen LogP contribution >= 0.6 is 0 Å². The molecule has 130 valence electrons. The van der Waals surface area contributed by atoms with Crippen LogP contribution in [-0.4, -0.2) is 23.5 Å². The molecule has 1 heterocycles. The van der Waals surface area contributed by atoms with E-state index in [2.05, 4.69) is 12.2 Å². The van der Waals surface area contributed by atoms with E-state index in [1.807, 2.05) is 23.1 Å². The molecular weight excluding hydrogens is 316 g/mol. The summed E-state index contributed by atoms with van der Waals surface area (Å²) in [4.78, 5) is 26.1. The van der Waals surface area contributed by atoms with Crippen LogP contribution in [-0.2, 0) is 22.4 Å². The molecule has 0 atom stereocenters. The van der Waals surface area contributed by atoms with E-state index in [0.717, 1.165) is 17.7 Å². The number of benzene rings is 2. The third-order valence-corrected chi connectivity index (χ3v) is 4.35. The first-order chi connectivity index (χ1) is 12.1. The van der Waals surface area contributed by atoms with Crippen molar-refractivity contribution in [2.24, 2.45) is 0 Å². The number of nitrogens with one attached hydrogen (secondary N) is 1. The van der Waals surface area contributed by atoms with Crippen molar-refractivity contribution < 1.29 is 14.7 Å². The Labute approximate surface area is 147 Å². The molecule has 5 heteroatoms. The molecular formula is C20H22N2O3. The number of carbonyl (C=O) groups is 2. The van der Waals surface area contributed by atoms with E-state index in [4.69, 9.17) is 0 Å². The van der Waals surface area contributed by atoms with Gasteiger partial charge in [-0.1, -0.05) is 25.1 Å². The summed E-state index contributed by atoms with van der Waals surface area (Å²) in [6.07, 6.45) is 2.22. The van der Waals surface area contributed by atoms with Crippen molar-refractivity contribution in [3.63, 3.8) is 0 Å². The highest BCUT2D eigenvalue weighted by molar-refractivity contribution is 5.98. The molecule has 5 nitrogen and oxygen atoms in total. The highest BCUT2D eigenvalue weighted by atomic mass is 16.3. The second-order valence-corrected chi connectivity index (χ2v) is 6.24. The molecule has 2 N–H and O–H groups in total. The average Bonchev–Trinajstić information content (AvgIpc) is 2.59. The number of nitrogens with zero attached hydrogens (tertiary/aromatic N) is 1. The first-order valence-electron chi connectivity index (χ1n) is 8.58. The quantitative estimate of drug-likeness (QED) is 0.879. The lowest BCUT2D eigenvalue weighted by Gasteiger charge is -2.29. The third-order valence-electron chi connectivity index (χ3n) is 4.35. The van der Waals surface area contributed by atoms with Gasteiger partial charge in [-0.3, -0.25) is 9.59 Å². The van der Waals surface area contributed by atoms with E-state index >= 15 is 0 Å². The molecule has 0 aliphatic carbocycles. The van der Waals surface area contributed by atoms with Crippen molar-refractivity contribution in [2.75, 3.05) is 16.8 Å². The van der Waals surface area contributed by atoms with Gasteiger partial charge < -0.3 is 15.3 Å². The molecule has 0 fully saturated rings. The topological polar surface area (TPSA) is 69.6 Å². The van der Waals surface area contributed by atoms with Gasteiger partial charge in [-0.25, -0.2) is 0 Å². The number of phenolic OH excluding ortho intramolecular Hbond substituents is 1. The second kappa shape index (κ2) is 7.38. The molecule has 1 aliphatic heterocycles. The zero-order valence-electron chi connectivity index (χ0n) is 14.3. The summed E-state index contributed by atoms with van der Waals surface area (Å²) in [6.45, 7) is 2.76. The third kappa shape index (κ3) is 3.82. The maximum Gasteiger partial charge on any atom is 0.228 e. The molecule has 2 aromatic rings. The normalized spacial score (nSPS) is 13.5. The minimum atomic E-state index is -0.182. The van der Waals surface area contributed by atoms with Crippen LogP contribution in [0, 0.1) is 0 Å². The zero-order valence-corrected chi connectivity index (χ0v) is 14.3. The Balaban J connectivity index is 1.73. The predicted octanol–water partition coefficient (Wildman–Crippen LogP) is 3.26. The Kier molecular flexibility index (Phi) is 5.03. The molecule has 25 heavy (non-hydrogen) atoms. The standard InChI is InChI=1S/C20H22N2O3/c1-2-11-22-17-9-8-16(12-14(17)7-10-20(22)25)21-19(24)13-15-5-3-4-6-18(15)23/h3-6,8-9,12,23H,2,7,10-11,13H2,1H3,(H,21,24). The van der Waals surface area contributed by atoms with Crippen LogP contribution in [0.15, 0.2) is 42.5 Å². The molecule has 0 unspecified atom stereocenters. The number of hydrogen-bond acceptors (Lipinski definition) is 3. The summed E-state index contributed by atoms with van der Waals surface area (Å²) in [5, 5.41) is 12.6. The van der Waals surface area contributed by atoms with Crippen LogP contribution in [0.25, 0.3) is 0 Å². The lowest BCUT2D eigenvalue weighted by Crippen LogP contribution is -2.35. The number of amides is 2. The summed E-state index contributed by atoms with van der Waals surface area (Å²) in [6, 6.07) is 12.5. The van der Waals surface area contributed by atoms with Gasteiger partial charge in [-0.2, -0.15) is 0 Å². The van der Waals surface area contributed by atoms with Crippen molar-refractivity contribution in [1.29, 1.82) is 0 Å². The summed E-state index contributed by atoms with van der Waals surface area (Å²) in [7, 11) is 0. The van der Waals surface area contributed by atoms with E-state index in [9.17, 15) is 14.7 Å². The van der Waals surface area contributed by atoms with Gasteiger partial charge in [0.15, 0.2) is 0 Å². The molecule has 0 spiro atoms. The van der Waals surface area contributed by atoms with Crippen LogP contribution in [0.3, 0.4) is 0 Å². The molecule has 0 aromatic heterocycles. The van der Waals surface area contributed by atoms with Crippen LogP contribution in [0.1, 0.15) is 30.9 Å². The first-order valence-corrected chi connectivity index (χ1v) is 8.58. The largest absolute Gasteiger partial charge is 0.508 e. The van der Waals surface area contributed by atoms with Crippen molar-refractivity contribution in [1.82, 2.24) is 0 Å². The Hall–Kier alpha value is -2.82. The van der Waals surface area contributed by atoms with E-state index in [-0.39, 0.29) is 24.0 Å². The number of aromatic hydroxyl groups is 1. The van der Waals surface area contributed by atoms with Crippen LogP contribution in [0.4, 0.5) is 11.4 Å². The van der Waals surface area contributed by atoms with Gasteiger partial charge in [0.1, 0.15) is 5.75 Å². The number of para-hydroxylation sites is 1. The number of carbonyl (C=O) groups excluding carboxylic acids is 2. The number of fused-ring (bicyclic) bond motifs is 1. The molecule has 0 saturated heterocycles. The maximum absolute atomic E-state index is 12.2. The van der Waals surface area contributed by atoms with Gasteiger partial charge >= 0.3 is 0 Å². The molecule has 0 radical (unpaired) electrons. The van der Waals surface area contributed by atoms with Crippen molar-refractivity contribution >= 4 is 23.2 Å². The number of anilines is 2. The second-order valence-electron chi connectivity index (χ2n) is 6.24. The smallest absolute Gasteiger partial charge is 0.228 e. The highest BCUT2D eigenvalue weighted by Gasteiger charge is 2.23. The first kappa shape index (κ1) is 17.0. The SMILES string of the molecule is CCCN1C(=O)CCc2cc(NC(=O)Cc3ccccc3O)ccc21. The van der Waals surface area contributed by atoms with E-state index in [1.54, 1.807) is 24.3 Å². The van der Waals surface area contributed by atoms with Gasteiger partial charge in [0.05, 0.1) is 6.42 Å². The Morgan fingerprint density at radius 2 is 2.00 bits per heavy atom. The zero-order chi connectivity index (χ0) is 17.8. The van der Waals surface area contributed by atoms with Crippen LogP contribution < -0.4 is 10.2 Å². The van der Waals surface area contributed by atoms with Crippen molar-refractivity contribution in [2.45, 2.75) is 32.6 Å². The molecule has 0 bridgehead atoms. The van der Waals surface area contributed by atoms with E-state index < -0.39 is 0 Å². The van der Waals surface area contributed by atoms with Gasteiger partial charge in [0, 0.05) is 29.9 Å². The van der Waals surface area contributed by atoms with Crippen molar-refractivity contribution in [3.8, 4) is 5.75 Å². The van der Waals surface area contributed by atoms with Crippen LogP contribution in [0.5, 0.6) is 5.75 Å². The van der Waals surface area contributed by atoms with E-state index in [0.29, 0.717) is 30.6 Å². The highest BCUT2D eigenvalue weighted by Crippen LogP contribution is 2.30.